The molecule has 9 heteroatoms. The lowest BCUT2D eigenvalue weighted by molar-refractivity contribution is 0.0513. The van der Waals surface area contributed by atoms with Crippen molar-refractivity contribution in [3.63, 3.8) is 0 Å². The summed E-state index contributed by atoms with van der Waals surface area (Å²) < 4.78 is 15.1. The van der Waals surface area contributed by atoms with E-state index in [0.717, 1.165) is 35.8 Å². The van der Waals surface area contributed by atoms with Crippen LogP contribution in [0.25, 0.3) is 0 Å². The van der Waals surface area contributed by atoms with E-state index in [1.165, 1.54) is 11.8 Å². The van der Waals surface area contributed by atoms with Crippen LogP contribution in [0.5, 0.6) is 0 Å². The Morgan fingerprint density at radius 3 is 2.80 bits per heavy atom. The third kappa shape index (κ3) is 4.25. The van der Waals surface area contributed by atoms with Gasteiger partial charge in [-0.05, 0) is 25.3 Å². The van der Waals surface area contributed by atoms with Crippen molar-refractivity contribution in [3.05, 3.63) is 64.7 Å². The van der Waals surface area contributed by atoms with Crippen LogP contribution in [0.15, 0.2) is 36.5 Å². The van der Waals surface area contributed by atoms with Crippen molar-refractivity contribution in [2.45, 2.75) is 39.3 Å². The summed E-state index contributed by atoms with van der Waals surface area (Å²) in [6, 6.07) is 10.3. The maximum atomic E-state index is 12.7. The van der Waals surface area contributed by atoms with Gasteiger partial charge in [-0.3, -0.25) is 9.48 Å². The maximum Gasteiger partial charge on any atom is 0.359 e. The number of aryl methyl sites for hydroxylation is 2. The molecule has 0 radical (unpaired) electrons. The highest BCUT2D eigenvalue weighted by Gasteiger charge is 2.31. The topological polar surface area (TPSA) is 90.2 Å². The molecule has 1 amide bonds. The van der Waals surface area contributed by atoms with Crippen molar-refractivity contribution in [3.8, 4) is 0 Å². The fraction of sp³-hybridized carbons (Fsp3) is 0.381. The summed E-state index contributed by atoms with van der Waals surface area (Å²) in [5.41, 5.74) is 3.69. The molecule has 0 aliphatic carbocycles. The van der Waals surface area contributed by atoms with E-state index in [2.05, 4.69) is 26.0 Å². The number of aromatic nitrogens is 4. The van der Waals surface area contributed by atoms with E-state index in [1.54, 1.807) is 11.8 Å². The zero-order chi connectivity index (χ0) is 20.9. The highest BCUT2D eigenvalue weighted by atomic mass is 32.1. The minimum Gasteiger partial charge on any atom is -0.461 e. The molecule has 0 spiro atoms. The standard InChI is InChI=1S/C21H23N5O3S/c1-2-29-21(28)19-16-14-25(20(27)17-13-22-30-24-17)12-10-18(16)26(23-19)11-6-9-15-7-4-3-5-8-15/h3-5,7-8,13H,2,6,9-12,14H2,1H3. The van der Waals surface area contributed by atoms with Gasteiger partial charge in [-0.25, -0.2) is 4.79 Å². The van der Waals surface area contributed by atoms with Crippen molar-refractivity contribution in [2.75, 3.05) is 13.2 Å². The smallest absolute Gasteiger partial charge is 0.359 e. The molecule has 0 saturated heterocycles. The van der Waals surface area contributed by atoms with E-state index >= 15 is 0 Å². The fourth-order valence-electron chi connectivity index (χ4n) is 3.71. The number of ether oxygens (including phenoxy) is 1. The summed E-state index contributed by atoms with van der Waals surface area (Å²) in [6.45, 7) is 3.63. The van der Waals surface area contributed by atoms with Crippen molar-refractivity contribution in [1.29, 1.82) is 0 Å². The number of esters is 1. The number of nitrogens with zero attached hydrogens (tertiary/aromatic N) is 5. The van der Waals surface area contributed by atoms with E-state index in [1.807, 2.05) is 22.9 Å². The molecule has 0 N–H and O–H groups in total. The van der Waals surface area contributed by atoms with E-state index in [9.17, 15) is 9.59 Å². The summed E-state index contributed by atoms with van der Waals surface area (Å²) in [5, 5.41) is 4.58. The maximum absolute atomic E-state index is 12.7. The van der Waals surface area contributed by atoms with E-state index in [4.69, 9.17) is 4.74 Å². The second kappa shape index (κ2) is 9.17. The van der Waals surface area contributed by atoms with Gasteiger partial charge in [0.05, 0.1) is 31.1 Å². The van der Waals surface area contributed by atoms with Gasteiger partial charge in [0.25, 0.3) is 5.91 Å². The zero-order valence-electron chi connectivity index (χ0n) is 16.8. The molecule has 0 saturated carbocycles. The molecule has 30 heavy (non-hydrogen) atoms. The normalized spacial score (nSPS) is 13.2. The predicted octanol–water partition coefficient (Wildman–Crippen LogP) is 2.74. The molecule has 1 aliphatic heterocycles. The average molecular weight is 426 g/mol. The number of benzene rings is 1. The van der Waals surface area contributed by atoms with Gasteiger partial charge in [0, 0.05) is 30.8 Å². The van der Waals surface area contributed by atoms with Crippen LogP contribution in [-0.2, 0) is 30.7 Å². The molecule has 3 aromatic rings. The number of carbonyl (C=O) groups is 2. The Morgan fingerprint density at radius 1 is 1.23 bits per heavy atom. The van der Waals surface area contributed by atoms with Gasteiger partial charge >= 0.3 is 5.97 Å². The molecule has 3 heterocycles. The summed E-state index contributed by atoms with van der Waals surface area (Å²) in [5.74, 6) is -0.624. The lowest BCUT2D eigenvalue weighted by Gasteiger charge is -2.27. The third-order valence-corrected chi connectivity index (χ3v) is 5.63. The molecule has 2 aromatic heterocycles. The van der Waals surface area contributed by atoms with Crippen LogP contribution in [0.3, 0.4) is 0 Å². The number of fused-ring (bicyclic) bond motifs is 1. The van der Waals surface area contributed by atoms with Gasteiger partial charge in [0.1, 0.15) is 0 Å². The minimum atomic E-state index is -0.444. The quantitative estimate of drug-likeness (QED) is 0.541. The summed E-state index contributed by atoms with van der Waals surface area (Å²) >= 11 is 1.01. The first-order chi connectivity index (χ1) is 14.7. The number of carbonyl (C=O) groups excluding carboxylic acids is 2. The lowest BCUT2D eigenvalue weighted by Crippen LogP contribution is -2.37. The zero-order valence-corrected chi connectivity index (χ0v) is 17.6. The lowest BCUT2D eigenvalue weighted by atomic mass is 10.0. The Balaban J connectivity index is 1.54. The monoisotopic (exact) mass is 425 g/mol. The number of hydrogen-bond donors (Lipinski definition) is 0. The molecule has 156 valence electrons. The molecule has 1 aromatic carbocycles. The van der Waals surface area contributed by atoms with Crippen molar-refractivity contribution in [2.24, 2.45) is 0 Å². The largest absolute Gasteiger partial charge is 0.461 e. The Labute approximate surface area is 178 Å². The summed E-state index contributed by atoms with van der Waals surface area (Å²) in [7, 11) is 0. The van der Waals surface area contributed by atoms with Gasteiger partial charge in [-0.1, -0.05) is 30.3 Å². The SMILES string of the molecule is CCOC(=O)c1nn(CCCc2ccccc2)c2c1CN(C(=O)c1cnsn1)CC2. The molecule has 0 unspecified atom stereocenters. The summed E-state index contributed by atoms with van der Waals surface area (Å²) in [4.78, 5) is 26.9. The molecule has 8 nitrogen and oxygen atoms in total. The van der Waals surface area contributed by atoms with Crippen molar-refractivity contribution < 1.29 is 14.3 Å². The van der Waals surface area contributed by atoms with E-state index in [0.29, 0.717) is 37.4 Å². The molecule has 4 rings (SSSR count). The van der Waals surface area contributed by atoms with Crippen LogP contribution in [-0.4, -0.2) is 48.5 Å². The van der Waals surface area contributed by atoms with Crippen LogP contribution in [0.1, 0.15) is 51.1 Å². The Morgan fingerprint density at radius 2 is 2.07 bits per heavy atom. The molecular weight excluding hydrogens is 402 g/mol. The fourth-order valence-corrected chi connectivity index (χ4v) is 4.12. The van der Waals surface area contributed by atoms with Crippen LogP contribution in [0, 0.1) is 0 Å². The van der Waals surface area contributed by atoms with E-state index in [-0.39, 0.29) is 12.5 Å². The van der Waals surface area contributed by atoms with Gasteiger partial charge in [-0.15, -0.1) is 0 Å². The van der Waals surface area contributed by atoms with Gasteiger partial charge in [0.15, 0.2) is 11.4 Å². The van der Waals surface area contributed by atoms with Crippen LogP contribution >= 0.6 is 11.7 Å². The Hall–Kier alpha value is -3.07. The highest BCUT2D eigenvalue weighted by Crippen LogP contribution is 2.25. The predicted molar refractivity (Wildman–Crippen MR) is 111 cm³/mol. The Kier molecular flexibility index (Phi) is 6.18. The first-order valence-corrected chi connectivity index (χ1v) is 10.8. The van der Waals surface area contributed by atoms with Crippen LogP contribution in [0.4, 0.5) is 0 Å². The second-order valence-electron chi connectivity index (χ2n) is 7.08. The number of hydrogen-bond acceptors (Lipinski definition) is 7. The third-order valence-electron chi connectivity index (χ3n) is 5.15. The first kappa shape index (κ1) is 20.2. The summed E-state index contributed by atoms with van der Waals surface area (Å²) in [6.07, 6.45) is 3.96. The van der Waals surface area contributed by atoms with E-state index < -0.39 is 5.97 Å². The second-order valence-corrected chi connectivity index (χ2v) is 7.63. The Bertz CT molecular complexity index is 1020. The molecule has 1 aliphatic rings. The van der Waals surface area contributed by atoms with Gasteiger partial charge in [0.2, 0.25) is 0 Å². The minimum absolute atomic E-state index is 0.180. The van der Waals surface area contributed by atoms with Gasteiger partial charge in [-0.2, -0.15) is 13.8 Å². The molecule has 0 atom stereocenters. The molecular formula is C21H23N5O3S. The van der Waals surface area contributed by atoms with Gasteiger partial charge < -0.3 is 9.64 Å². The van der Waals surface area contributed by atoms with Crippen molar-refractivity contribution in [1.82, 2.24) is 23.4 Å². The van der Waals surface area contributed by atoms with Crippen molar-refractivity contribution >= 4 is 23.6 Å². The number of amides is 1. The number of rotatable bonds is 7. The van der Waals surface area contributed by atoms with Crippen LogP contribution < -0.4 is 0 Å². The average Bonchev–Trinajstić information content (AvgIpc) is 3.42. The van der Waals surface area contributed by atoms with Crippen LogP contribution in [0.2, 0.25) is 0 Å². The first-order valence-electron chi connectivity index (χ1n) is 10.0. The molecule has 0 fully saturated rings. The molecule has 0 bridgehead atoms. The highest BCUT2D eigenvalue weighted by molar-refractivity contribution is 6.99.